The molecule has 6 heteroatoms. The molecule has 0 saturated carbocycles. The molecule has 1 aromatic heterocycles. The molecule has 134 valence electrons. The van der Waals surface area contributed by atoms with Crippen molar-refractivity contribution < 1.29 is 14.3 Å². The van der Waals surface area contributed by atoms with Crippen molar-refractivity contribution in [2.75, 3.05) is 19.0 Å². The number of nitrogens with one attached hydrogen (secondary N) is 1. The van der Waals surface area contributed by atoms with Gasteiger partial charge in [-0.3, -0.25) is 4.79 Å². The molecule has 0 spiro atoms. The Balaban J connectivity index is 1.63. The van der Waals surface area contributed by atoms with E-state index in [4.69, 9.17) is 9.47 Å². The Morgan fingerprint density at radius 1 is 1.15 bits per heavy atom. The fraction of sp³-hybridized carbons (Fsp3) is 0.200. The number of rotatable bonds is 7. The van der Waals surface area contributed by atoms with E-state index in [1.165, 1.54) is 11.3 Å². The van der Waals surface area contributed by atoms with Crippen LogP contribution in [0, 0.1) is 0 Å². The number of anilines is 1. The molecule has 3 rings (SSSR count). The molecule has 0 atom stereocenters. The number of methoxy groups -OCH3 is 1. The molecule has 0 unspecified atom stereocenters. The van der Waals surface area contributed by atoms with Crippen molar-refractivity contribution in [3.05, 3.63) is 59.5 Å². The lowest BCUT2D eigenvalue weighted by Crippen LogP contribution is -2.14. The molecule has 5 nitrogen and oxygen atoms in total. The topological polar surface area (TPSA) is 60.5 Å². The standard InChI is InChI=1S/C20H20N2O3S/c1-3-25-16-9-7-15(8-10-16)18-13-26-20(21-18)22-19(23)12-14-5-4-6-17(11-14)24-2/h4-11,13H,3,12H2,1-2H3,(H,21,22,23). The average Bonchev–Trinajstić information content (AvgIpc) is 3.11. The molecule has 3 aromatic rings. The van der Waals surface area contributed by atoms with Gasteiger partial charge in [0.2, 0.25) is 5.91 Å². The van der Waals surface area contributed by atoms with Crippen LogP contribution < -0.4 is 14.8 Å². The van der Waals surface area contributed by atoms with Gasteiger partial charge in [-0.15, -0.1) is 11.3 Å². The highest BCUT2D eigenvalue weighted by molar-refractivity contribution is 7.14. The SMILES string of the molecule is CCOc1ccc(-c2csc(NC(=O)Cc3cccc(OC)c3)n2)cc1. The van der Waals surface area contributed by atoms with Crippen molar-refractivity contribution in [1.29, 1.82) is 0 Å². The van der Waals surface area contributed by atoms with Gasteiger partial charge in [0.05, 0.1) is 25.8 Å². The van der Waals surface area contributed by atoms with E-state index in [0.29, 0.717) is 11.7 Å². The van der Waals surface area contributed by atoms with Gasteiger partial charge in [0.1, 0.15) is 11.5 Å². The summed E-state index contributed by atoms with van der Waals surface area (Å²) in [5, 5.41) is 5.37. The largest absolute Gasteiger partial charge is 0.497 e. The van der Waals surface area contributed by atoms with E-state index in [0.717, 1.165) is 28.3 Å². The summed E-state index contributed by atoms with van der Waals surface area (Å²) in [5.41, 5.74) is 2.71. The van der Waals surface area contributed by atoms with Crippen molar-refractivity contribution in [1.82, 2.24) is 4.98 Å². The number of amides is 1. The lowest BCUT2D eigenvalue weighted by molar-refractivity contribution is -0.115. The molecule has 0 bridgehead atoms. The first-order valence-electron chi connectivity index (χ1n) is 8.29. The second-order valence-electron chi connectivity index (χ2n) is 5.57. The van der Waals surface area contributed by atoms with Crippen LogP contribution in [0.5, 0.6) is 11.5 Å². The van der Waals surface area contributed by atoms with Crippen molar-refractivity contribution in [3.63, 3.8) is 0 Å². The smallest absolute Gasteiger partial charge is 0.230 e. The highest BCUT2D eigenvalue weighted by atomic mass is 32.1. The van der Waals surface area contributed by atoms with Crippen molar-refractivity contribution in [3.8, 4) is 22.8 Å². The van der Waals surface area contributed by atoms with Crippen LogP contribution in [0.1, 0.15) is 12.5 Å². The van der Waals surface area contributed by atoms with E-state index in [1.807, 2.05) is 60.8 Å². The Labute approximate surface area is 156 Å². The predicted octanol–water partition coefficient (Wildman–Crippen LogP) is 4.40. The van der Waals surface area contributed by atoms with E-state index in [-0.39, 0.29) is 12.3 Å². The molecule has 0 aliphatic rings. The molecule has 0 radical (unpaired) electrons. The van der Waals surface area contributed by atoms with E-state index < -0.39 is 0 Å². The van der Waals surface area contributed by atoms with Gasteiger partial charge in [-0.25, -0.2) is 4.98 Å². The maximum absolute atomic E-state index is 12.2. The summed E-state index contributed by atoms with van der Waals surface area (Å²) < 4.78 is 10.6. The first-order valence-corrected chi connectivity index (χ1v) is 9.17. The van der Waals surface area contributed by atoms with Crippen LogP contribution >= 0.6 is 11.3 Å². The number of carbonyl (C=O) groups is 1. The van der Waals surface area contributed by atoms with Crippen LogP contribution in [0.3, 0.4) is 0 Å². The minimum Gasteiger partial charge on any atom is -0.497 e. The normalized spacial score (nSPS) is 10.4. The molecule has 1 heterocycles. The van der Waals surface area contributed by atoms with Gasteiger partial charge in [-0.05, 0) is 48.9 Å². The Kier molecular flexibility index (Phi) is 5.86. The average molecular weight is 368 g/mol. The fourth-order valence-corrected chi connectivity index (χ4v) is 3.22. The van der Waals surface area contributed by atoms with Crippen molar-refractivity contribution in [2.45, 2.75) is 13.3 Å². The molecular weight excluding hydrogens is 348 g/mol. The summed E-state index contributed by atoms with van der Waals surface area (Å²) in [4.78, 5) is 16.7. The third kappa shape index (κ3) is 4.61. The van der Waals surface area contributed by atoms with Gasteiger partial charge in [-0.1, -0.05) is 12.1 Å². The number of carbonyl (C=O) groups excluding carboxylic acids is 1. The summed E-state index contributed by atoms with van der Waals surface area (Å²) >= 11 is 1.41. The number of hydrogen-bond acceptors (Lipinski definition) is 5. The third-order valence-electron chi connectivity index (χ3n) is 3.71. The highest BCUT2D eigenvalue weighted by Crippen LogP contribution is 2.26. The van der Waals surface area contributed by atoms with Crippen LogP contribution in [0.4, 0.5) is 5.13 Å². The van der Waals surface area contributed by atoms with Crippen LogP contribution in [0.25, 0.3) is 11.3 Å². The molecule has 2 aromatic carbocycles. The van der Waals surface area contributed by atoms with Crippen molar-refractivity contribution >= 4 is 22.4 Å². The van der Waals surface area contributed by atoms with Crippen LogP contribution in [0.2, 0.25) is 0 Å². The molecule has 0 aliphatic heterocycles. The van der Waals surface area contributed by atoms with Crippen LogP contribution in [-0.2, 0) is 11.2 Å². The predicted molar refractivity (Wildman–Crippen MR) is 104 cm³/mol. The maximum Gasteiger partial charge on any atom is 0.230 e. The van der Waals surface area contributed by atoms with E-state index in [2.05, 4.69) is 10.3 Å². The van der Waals surface area contributed by atoms with Crippen LogP contribution in [-0.4, -0.2) is 24.6 Å². The Morgan fingerprint density at radius 3 is 2.69 bits per heavy atom. The second-order valence-corrected chi connectivity index (χ2v) is 6.43. The lowest BCUT2D eigenvalue weighted by atomic mass is 10.1. The van der Waals surface area contributed by atoms with E-state index >= 15 is 0 Å². The molecular formula is C20H20N2O3S. The number of benzene rings is 2. The molecule has 26 heavy (non-hydrogen) atoms. The number of hydrogen-bond donors (Lipinski definition) is 1. The maximum atomic E-state index is 12.2. The fourth-order valence-electron chi connectivity index (χ4n) is 2.48. The Hall–Kier alpha value is -2.86. The number of nitrogens with zero attached hydrogens (tertiary/aromatic N) is 1. The summed E-state index contributed by atoms with van der Waals surface area (Å²) in [5.74, 6) is 1.46. The van der Waals surface area contributed by atoms with E-state index in [9.17, 15) is 4.79 Å². The van der Waals surface area contributed by atoms with Gasteiger partial charge < -0.3 is 14.8 Å². The summed E-state index contributed by atoms with van der Waals surface area (Å²) in [7, 11) is 1.61. The molecule has 0 fully saturated rings. The third-order valence-corrected chi connectivity index (χ3v) is 4.47. The molecule has 0 saturated heterocycles. The number of aromatic nitrogens is 1. The van der Waals surface area contributed by atoms with E-state index in [1.54, 1.807) is 7.11 Å². The number of ether oxygens (including phenoxy) is 2. The van der Waals surface area contributed by atoms with Gasteiger partial charge in [0.25, 0.3) is 0 Å². The van der Waals surface area contributed by atoms with Gasteiger partial charge in [0, 0.05) is 10.9 Å². The highest BCUT2D eigenvalue weighted by Gasteiger charge is 2.09. The minimum atomic E-state index is -0.106. The second kappa shape index (κ2) is 8.49. The zero-order valence-corrected chi connectivity index (χ0v) is 15.5. The minimum absolute atomic E-state index is 0.106. The Morgan fingerprint density at radius 2 is 1.96 bits per heavy atom. The summed E-state index contributed by atoms with van der Waals surface area (Å²) in [6.45, 7) is 2.59. The molecule has 1 amide bonds. The van der Waals surface area contributed by atoms with Gasteiger partial charge in [0.15, 0.2) is 5.13 Å². The van der Waals surface area contributed by atoms with Crippen LogP contribution in [0.15, 0.2) is 53.9 Å². The molecule has 0 aliphatic carbocycles. The quantitative estimate of drug-likeness (QED) is 0.671. The zero-order valence-electron chi connectivity index (χ0n) is 14.7. The summed E-state index contributed by atoms with van der Waals surface area (Å²) in [6, 6.07) is 15.2. The first kappa shape index (κ1) is 17.9. The molecule has 1 N–H and O–H groups in total. The van der Waals surface area contributed by atoms with Gasteiger partial charge in [-0.2, -0.15) is 0 Å². The Bertz CT molecular complexity index is 875. The summed E-state index contributed by atoms with van der Waals surface area (Å²) in [6.07, 6.45) is 0.273. The monoisotopic (exact) mass is 368 g/mol. The number of thiazole rings is 1. The van der Waals surface area contributed by atoms with Gasteiger partial charge >= 0.3 is 0 Å². The first-order chi connectivity index (χ1) is 12.7. The lowest BCUT2D eigenvalue weighted by Gasteiger charge is -2.05. The zero-order chi connectivity index (χ0) is 18.4. The van der Waals surface area contributed by atoms with Crippen molar-refractivity contribution in [2.24, 2.45) is 0 Å².